The van der Waals surface area contributed by atoms with Crippen LogP contribution >= 0.6 is 22.9 Å². The van der Waals surface area contributed by atoms with Crippen LogP contribution in [-0.4, -0.2) is 12.1 Å². The van der Waals surface area contributed by atoms with E-state index < -0.39 is 0 Å². The van der Waals surface area contributed by atoms with Gasteiger partial charge in [0.05, 0.1) is 12.6 Å². The Bertz CT molecular complexity index is 825. The third kappa shape index (κ3) is 4.31. The highest BCUT2D eigenvalue weighted by Gasteiger charge is 2.05. The zero-order chi connectivity index (χ0) is 16.1. The van der Waals surface area contributed by atoms with E-state index in [2.05, 4.69) is 10.5 Å². The average Bonchev–Trinajstić information content (AvgIpc) is 3.19. The lowest BCUT2D eigenvalue weighted by Gasteiger charge is -1.97. The normalized spacial score (nSPS) is 11.0. The minimum absolute atomic E-state index is 0.162. The number of nitrogens with one attached hydrogen (secondary N) is 1. The number of furan rings is 1. The number of carbonyl (C=O) groups is 1. The zero-order valence-electron chi connectivity index (χ0n) is 12.0. The number of hydrogen-bond donors (Lipinski definition) is 1. The summed E-state index contributed by atoms with van der Waals surface area (Å²) in [6.07, 6.45) is 1.79. The van der Waals surface area contributed by atoms with E-state index in [0.29, 0.717) is 23.0 Å². The topological polar surface area (TPSA) is 54.6 Å². The molecule has 0 spiro atoms. The number of hydrogen-bond acceptors (Lipinski definition) is 4. The van der Waals surface area contributed by atoms with Crippen LogP contribution in [-0.2, 0) is 11.2 Å². The van der Waals surface area contributed by atoms with E-state index in [1.165, 1.54) is 6.21 Å². The van der Waals surface area contributed by atoms with Crippen molar-refractivity contribution in [3.8, 4) is 11.3 Å². The quantitative estimate of drug-likeness (QED) is 0.552. The summed E-state index contributed by atoms with van der Waals surface area (Å²) >= 11 is 7.50. The van der Waals surface area contributed by atoms with E-state index in [1.54, 1.807) is 23.5 Å². The van der Waals surface area contributed by atoms with Crippen LogP contribution in [0.25, 0.3) is 11.3 Å². The van der Waals surface area contributed by atoms with Crippen molar-refractivity contribution in [2.24, 2.45) is 5.10 Å². The molecule has 0 saturated carbocycles. The maximum absolute atomic E-state index is 11.7. The number of rotatable bonds is 5. The lowest BCUT2D eigenvalue weighted by Crippen LogP contribution is -2.19. The van der Waals surface area contributed by atoms with Crippen LogP contribution in [0, 0.1) is 0 Å². The number of amides is 1. The number of hydrazone groups is 1. The summed E-state index contributed by atoms with van der Waals surface area (Å²) in [5.41, 5.74) is 3.37. The number of thiophene rings is 1. The van der Waals surface area contributed by atoms with E-state index in [-0.39, 0.29) is 5.91 Å². The third-order valence-electron chi connectivity index (χ3n) is 3.03. The predicted molar refractivity (Wildman–Crippen MR) is 92.9 cm³/mol. The van der Waals surface area contributed by atoms with Crippen molar-refractivity contribution in [3.05, 3.63) is 69.6 Å². The zero-order valence-corrected chi connectivity index (χ0v) is 13.6. The molecule has 2 aromatic heterocycles. The van der Waals surface area contributed by atoms with Gasteiger partial charge in [-0.25, -0.2) is 5.43 Å². The summed E-state index contributed by atoms with van der Waals surface area (Å²) in [7, 11) is 0. The molecular formula is C17H13ClN2O2S. The average molecular weight is 345 g/mol. The van der Waals surface area contributed by atoms with Gasteiger partial charge in [-0.1, -0.05) is 29.8 Å². The highest BCUT2D eigenvalue weighted by atomic mass is 35.5. The Morgan fingerprint density at radius 2 is 2.17 bits per heavy atom. The van der Waals surface area contributed by atoms with Crippen molar-refractivity contribution < 1.29 is 9.21 Å². The molecule has 0 saturated heterocycles. The number of halogens is 1. The fraction of sp³-hybridized carbons (Fsp3) is 0.0588. The van der Waals surface area contributed by atoms with Gasteiger partial charge >= 0.3 is 0 Å². The fourth-order valence-electron chi connectivity index (χ4n) is 2.00. The molecule has 0 aliphatic rings. The minimum Gasteiger partial charge on any atom is -0.455 e. The molecule has 2 heterocycles. The van der Waals surface area contributed by atoms with Gasteiger partial charge < -0.3 is 4.42 Å². The minimum atomic E-state index is -0.162. The van der Waals surface area contributed by atoms with E-state index in [9.17, 15) is 4.79 Å². The highest BCUT2D eigenvalue weighted by Crippen LogP contribution is 2.24. The van der Waals surface area contributed by atoms with Crippen LogP contribution in [0.4, 0.5) is 0 Å². The predicted octanol–water partition coefficient (Wildman–Crippen LogP) is 4.35. The Morgan fingerprint density at radius 3 is 2.96 bits per heavy atom. The molecule has 23 heavy (non-hydrogen) atoms. The van der Waals surface area contributed by atoms with Crippen molar-refractivity contribution in [1.82, 2.24) is 5.43 Å². The molecule has 4 nitrogen and oxygen atoms in total. The molecule has 0 fully saturated rings. The van der Waals surface area contributed by atoms with Crippen molar-refractivity contribution in [1.29, 1.82) is 0 Å². The molecular weight excluding hydrogens is 332 g/mol. The summed E-state index contributed by atoms with van der Waals surface area (Å²) in [6.45, 7) is 0. The van der Waals surface area contributed by atoms with Crippen LogP contribution in [0.5, 0.6) is 0 Å². The maximum Gasteiger partial charge on any atom is 0.245 e. The summed E-state index contributed by atoms with van der Waals surface area (Å²) < 4.78 is 5.66. The second kappa shape index (κ2) is 7.26. The molecule has 6 heteroatoms. The second-order valence-electron chi connectivity index (χ2n) is 4.76. The van der Waals surface area contributed by atoms with E-state index in [0.717, 1.165) is 10.4 Å². The molecule has 3 aromatic rings. The van der Waals surface area contributed by atoms with Crippen LogP contribution in [0.15, 0.2) is 63.4 Å². The first-order valence-electron chi connectivity index (χ1n) is 6.91. The lowest BCUT2D eigenvalue weighted by molar-refractivity contribution is -0.120. The smallest absolute Gasteiger partial charge is 0.245 e. The molecule has 0 bridgehead atoms. The van der Waals surface area contributed by atoms with Gasteiger partial charge in [-0.2, -0.15) is 5.10 Å². The van der Waals surface area contributed by atoms with Gasteiger partial charge in [-0.05, 0) is 35.7 Å². The van der Waals surface area contributed by atoms with E-state index in [1.807, 2.05) is 41.8 Å². The van der Waals surface area contributed by atoms with Gasteiger partial charge in [-0.15, -0.1) is 11.3 Å². The molecule has 1 aromatic carbocycles. The Morgan fingerprint density at radius 1 is 1.26 bits per heavy atom. The standard InChI is InChI=1S/C17H13ClN2O2S/c18-13-4-1-3-12(9-13)16-7-6-14(22-16)11-19-20-17(21)10-15-5-2-8-23-15/h1-9,11H,10H2,(H,20,21). The summed E-state index contributed by atoms with van der Waals surface area (Å²) in [5, 5.41) is 6.49. The fourth-order valence-corrected chi connectivity index (χ4v) is 2.89. The van der Waals surface area contributed by atoms with Gasteiger partial charge in [0, 0.05) is 15.5 Å². The molecule has 1 N–H and O–H groups in total. The summed E-state index contributed by atoms with van der Waals surface area (Å²) in [5.74, 6) is 1.08. The van der Waals surface area contributed by atoms with Crippen LogP contribution in [0.3, 0.4) is 0 Å². The maximum atomic E-state index is 11.7. The summed E-state index contributed by atoms with van der Waals surface area (Å²) in [4.78, 5) is 12.7. The SMILES string of the molecule is O=C(Cc1cccs1)NN=Cc1ccc(-c2cccc(Cl)c2)o1. The molecule has 1 amide bonds. The highest BCUT2D eigenvalue weighted by molar-refractivity contribution is 7.10. The first-order chi connectivity index (χ1) is 11.2. The van der Waals surface area contributed by atoms with Gasteiger partial charge in [-0.3, -0.25) is 4.79 Å². The Labute approximate surface area is 142 Å². The molecule has 0 aliphatic heterocycles. The van der Waals surface area contributed by atoms with Gasteiger partial charge in [0.25, 0.3) is 0 Å². The second-order valence-corrected chi connectivity index (χ2v) is 6.23. The van der Waals surface area contributed by atoms with Gasteiger partial charge in [0.2, 0.25) is 5.91 Å². The number of benzene rings is 1. The molecule has 0 unspecified atom stereocenters. The molecule has 0 atom stereocenters. The van der Waals surface area contributed by atoms with E-state index in [4.69, 9.17) is 16.0 Å². The van der Waals surface area contributed by atoms with Crippen LogP contribution < -0.4 is 5.43 Å². The Hall–Kier alpha value is -2.37. The molecule has 0 radical (unpaired) electrons. The van der Waals surface area contributed by atoms with Gasteiger partial charge in [0.1, 0.15) is 11.5 Å². The Balaban J connectivity index is 1.59. The first-order valence-corrected chi connectivity index (χ1v) is 8.16. The van der Waals surface area contributed by atoms with E-state index >= 15 is 0 Å². The van der Waals surface area contributed by atoms with Crippen molar-refractivity contribution in [2.75, 3.05) is 0 Å². The Kier molecular flexibility index (Phi) is 4.90. The molecule has 116 valence electrons. The van der Waals surface area contributed by atoms with Crippen molar-refractivity contribution in [2.45, 2.75) is 6.42 Å². The first kappa shape index (κ1) is 15.5. The van der Waals surface area contributed by atoms with Crippen LogP contribution in [0.2, 0.25) is 5.02 Å². The lowest BCUT2D eigenvalue weighted by atomic mass is 10.2. The molecule has 3 rings (SSSR count). The molecule has 0 aliphatic carbocycles. The number of nitrogens with zero attached hydrogens (tertiary/aromatic N) is 1. The summed E-state index contributed by atoms with van der Waals surface area (Å²) in [6, 6.07) is 14.8. The van der Waals surface area contributed by atoms with Crippen molar-refractivity contribution in [3.63, 3.8) is 0 Å². The van der Waals surface area contributed by atoms with Crippen LogP contribution in [0.1, 0.15) is 10.6 Å². The van der Waals surface area contributed by atoms with Gasteiger partial charge in [0.15, 0.2) is 0 Å². The monoisotopic (exact) mass is 344 g/mol. The number of carbonyl (C=O) groups excluding carboxylic acids is 1. The third-order valence-corrected chi connectivity index (χ3v) is 4.14. The van der Waals surface area contributed by atoms with Crippen molar-refractivity contribution >= 4 is 35.1 Å². The largest absolute Gasteiger partial charge is 0.455 e.